The highest BCUT2D eigenvalue weighted by atomic mass is 16.3. The summed E-state index contributed by atoms with van der Waals surface area (Å²) in [6, 6.07) is 28.8. The number of aliphatic hydroxyl groups excluding tert-OH is 1. The van der Waals surface area contributed by atoms with Gasteiger partial charge >= 0.3 is 0 Å². The van der Waals surface area contributed by atoms with Crippen molar-refractivity contribution in [2.75, 3.05) is 6.61 Å². The Balaban J connectivity index is 1.22. The second-order valence-corrected chi connectivity index (χ2v) is 10.4. The van der Waals surface area contributed by atoms with Crippen LogP contribution in [0.1, 0.15) is 54.3 Å². The van der Waals surface area contributed by atoms with Crippen LogP contribution in [0.25, 0.3) is 21.8 Å². The van der Waals surface area contributed by atoms with Crippen LogP contribution in [0.4, 0.5) is 0 Å². The summed E-state index contributed by atoms with van der Waals surface area (Å²) in [5.41, 5.74) is 5.72. The molecule has 1 aliphatic rings. The summed E-state index contributed by atoms with van der Waals surface area (Å²) >= 11 is 0. The fourth-order valence-electron chi connectivity index (χ4n) is 6.16. The number of amides is 1. The maximum Gasteiger partial charge on any atom is 0.224 e. The van der Waals surface area contributed by atoms with E-state index in [1.807, 2.05) is 42.7 Å². The number of nitrogens with one attached hydrogen (secondary N) is 1. The minimum Gasteiger partial charge on any atom is -0.394 e. The van der Waals surface area contributed by atoms with E-state index in [0.29, 0.717) is 0 Å². The summed E-state index contributed by atoms with van der Waals surface area (Å²) in [5, 5.41) is 15.6. The number of fused-ring (bicyclic) bond motifs is 3. The molecule has 192 valence electrons. The van der Waals surface area contributed by atoms with E-state index >= 15 is 0 Å². The molecule has 5 nitrogen and oxygen atoms in total. The molecule has 0 radical (unpaired) electrons. The molecule has 3 unspecified atom stereocenters. The lowest BCUT2D eigenvalue weighted by atomic mass is 9.74. The van der Waals surface area contributed by atoms with Crippen molar-refractivity contribution in [3.63, 3.8) is 0 Å². The molecule has 2 N–H and O–H groups in total. The Labute approximate surface area is 223 Å². The topological polar surface area (TPSA) is 67.2 Å². The van der Waals surface area contributed by atoms with Crippen molar-refractivity contribution in [3.05, 3.63) is 114 Å². The number of pyridine rings is 1. The Kier molecular flexibility index (Phi) is 6.93. The van der Waals surface area contributed by atoms with E-state index in [0.717, 1.165) is 43.3 Å². The van der Waals surface area contributed by atoms with Gasteiger partial charge in [-0.3, -0.25) is 9.78 Å². The zero-order valence-electron chi connectivity index (χ0n) is 21.5. The van der Waals surface area contributed by atoms with Gasteiger partial charge in [0.25, 0.3) is 0 Å². The summed E-state index contributed by atoms with van der Waals surface area (Å²) in [5.74, 6) is 0.139. The number of carbonyl (C=O) groups excluding carboxylic acids is 1. The van der Waals surface area contributed by atoms with Crippen LogP contribution in [0.2, 0.25) is 0 Å². The van der Waals surface area contributed by atoms with Gasteiger partial charge in [0.15, 0.2) is 0 Å². The van der Waals surface area contributed by atoms with Crippen LogP contribution in [0, 0.1) is 5.92 Å². The number of para-hydroxylation sites is 1. The first kappa shape index (κ1) is 24.4. The van der Waals surface area contributed by atoms with Gasteiger partial charge in [-0.1, -0.05) is 85.6 Å². The number of benzene rings is 3. The van der Waals surface area contributed by atoms with Crippen LogP contribution in [-0.4, -0.2) is 27.2 Å². The Morgan fingerprint density at radius 2 is 1.63 bits per heavy atom. The normalized spacial score (nSPS) is 18.4. The molecule has 0 saturated heterocycles. The van der Waals surface area contributed by atoms with E-state index < -0.39 is 0 Å². The highest BCUT2D eigenvalue weighted by molar-refractivity contribution is 6.07. The number of hydrogen-bond acceptors (Lipinski definition) is 3. The molecule has 1 amide bonds. The Morgan fingerprint density at radius 1 is 0.895 bits per heavy atom. The highest BCUT2D eigenvalue weighted by Crippen LogP contribution is 2.38. The van der Waals surface area contributed by atoms with Gasteiger partial charge in [-0.05, 0) is 47.6 Å². The summed E-state index contributed by atoms with van der Waals surface area (Å²) < 4.78 is 2.34. The molecule has 3 atom stereocenters. The second-order valence-electron chi connectivity index (χ2n) is 10.4. The number of carbonyl (C=O) groups is 1. The first-order valence-electron chi connectivity index (χ1n) is 13.6. The maximum atomic E-state index is 13.4. The molecule has 6 rings (SSSR count). The maximum absolute atomic E-state index is 13.4. The predicted octanol–water partition coefficient (Wildman–Crippen LogP) is 6.36. The first-order chi connectivity index (χ1) is 18.7. The van der Waals surface area contributed by atoms with Crippen LogP contribution in [0.3, 0.4) is 0 Å². The molecule has 5 heteroatoms. The fourth-order valence-corrected chi connectivity index (χ4v) is 6.16. The van der Waals surface area contributed by atoms with Crippen molar-refractivity contribution < 1.29 is 9.90 Å². The van der Waals surface area contributed by atoms with Crippen molar-refractivity contribution in [1.29, 1.82) is 0 Å². The molecule has 1 fully saturated rings. The Hall–Kier alpha value is -3.96. The van der Waals surface area contributed by atoms with Gasteiger partial charge in [-0.25, -0.2) is 0 Å². The SMILES string of the molecule is O=C(NC(CO)c1ccccc1)C1CCCCC1c1ccc(Cn2c3ccccc3c3ccncc32)cc1. The van der Waals surface area contributed by atoms with Crippen molar-refractivity contribution in [2.24, 2.45) is 5.92 Å². The summed E-state index contributed by atoms with van der Waals surface area (Å²) in [7, 11) is 0. The molecule has 2 aromatic heterocycles. The van der Waals surface area contributed by atoms with Crippen LogP contribution in [0.15, 0.2) is 97.3 Å². The van der Waals surface area contributed by atoms with E-state index in [9.17, 15) is 9.90 Å². The van der Waals surface area contributed by atoms with E-state index in [2.05, 4.69) is 69.5 Å². The van der Waals surface area contributed by atoms with Gasteiger partial charge in [0.1, 0.15) is 0 Å². The number of aromatic nitrogens is 2. The molecule has 2 heterocycles. The number of aliphatic hydroxyl groups is 1. The van der Waals surface area contributed by atoms with E-state index in [1.54, 1.807) is 0 Å². The van der Waals surface area contributed by atoms with Crippen molar-refractivity contribution >= 4 is 27.7 Å². The van der Waals surface area contributed by atoms with Gasteiger partial charge in [0.2, 0.25) is 5.91 Å². The van der Waals surface area contributed by atoms with Crippen LogP contribution < -0.4 is 5.32 Å². The quantitative estimate of drug-likeness (QED) is 0.272. The summed E-state index contributed by atoms with van der Waals surface area (Å²) in [4.78, 5) is 17.8. The Bertz CT molecular complexity index is 1490. The van der Waals surface area contributed by atoms with Crippen molar-refractivity contribution in [3.8, 4) is 0 Å². The smallest absolute Gasteiger partial charge is 0.224 e. The van der Waals surface area contributed by atoms with E-state index in [1.165, 1.54) is 27.4 Å². The average Bonchev–Trinajstić information content (AvgIpc) is 3.30. The summed E-state index contributed by atoms with van der Waals surface area (Å²) in [6.45, 7) is 0.653. The molecule has 0 spiro atoms. The fraction of sp³-hybridized carbons (Fsp3) is 0.273. The zero-order chi connectivity index (χ0) is 25.9. The molecule has 3 aromatic carbocycles. The van der Waals surface area contributed by atoms with Crippen LogP contribution in [0.5, 0.6) is 0 Å². The number of hydrogen-bond donors (Lipinski definition) is 2. The van der Waals surface area contributed by atoms with Gasteiger partial charge in [-0.2, -0.15) is 0 Å². The molecule has 0 aliphatic heterocycles. The lowest BCUT2D eigenvalue weighted by molar-refractivity contribution is -0.127. The third kappa shape index (κ3) is 4.70. The van der Waals surface area contributed by atoms with Gasteiger partial charge in [-0.15, -0.1) is 0 Å². The second kappa shape index (κ2) is 10.8. The lowest BCUT2D eigenvalue weighted by Gasteiger charge is -2.32. The summed E-state index contributed by atoms with van der Waals surface area (Å²) in [6.07, 6.45) is 7.87. The van der Waals surface area contributed by atoms with Crippen LogP contribution >= 0.6 is 0 Å². The van der Waals surface area contributed by atoms with Gasteiger partial charge < -0.3 is 15.0 Å². The molecule has 38 heavy (non-hydrogen) atoms. The molecular formula is C33H33N3O2. The molecule has 1 saturated carbocycles. The van der Waals surface area contributed by atoms with Gasteiger partial charge in [0.05, 0.1) is 24.4 Å². The first-order valence-corrected chi connectivity index (χ1v) is 13.6. The van der Waals surface area contributed by atoms with Crippen molar-refractivity contribution in [1.82, 2.24) is 14.9 Å². The van der Waals surface area contributed by atoms with E-state index in [-0.39, 0.29) is 30.4 Å². The third-order valence-corrected chi connectivity index (χ3v) is 8.13. The minimum absolute atomic E-state index is 0.0412. The Morgan fingerprint density at radius 3 is 2.45 bits per heavy atom. The average molecular weight is 504 g/mol. The molecular weight excluding hydrogens is 470 g/mol. The third-order valence-electron chi connectivity index (χ3n) is 8.13. The zero-order valence-corrected chi connectivity index (χ0v) is 21.5. The number of rotatable bonds is 7. The largest absolute Gasteiger partial charge is 0.394 e. The minimum atomic E-state index is -0.380. The lowest BCUT2D eigenvalue weighted by Crippen LogP contribution is -2.39. The monoisotopic (exact) mass is 503 g/mol. The standard InChI is InChI=1S/C33H33N3O2/c37-22-30(25-8-2-1-3-9-25)35-33(38)29-12-5-4-10-26(29)24-16-14-23(15-17-24)21-36-31-13-7-6-11-27(31)28-18-19-34-20-32(28)36/h1-3,6-9,11,13-20,26,29-30,37H,4-5,10,12,21-22H2,(H,35,38). The van der Waals surface area contributed by atoms with Crippen LogP contribution in [-0.2, 0) is 11.3 Å². The number of nitrogens with zero attached hydrogens (tertiary/aromatic N) is 2. The molecule has 0 bridgehead atoms. The van der Waals surface area contributed by atoms with Gasteiger partial charge in [0, 0.05) is 34.9 Å². The molecule has 5 aromatic rings. The molecule has 1 aliphatic carbocycles. The highest BCUT2D eigenvalue weighted by Gasteiger charge is 2.33. The van der Waals surface area contributed by atoms with Crippen molar-refractivity contribution in [2.45, 2.75) is 44.2 Å². The van der Waals surface area contributed by atoms with E-state index in [4.69, 9.17) is 0 Å². The predicted molar refractivity (Wildman–Crippen MR) is 152 cm³/mol.